The molecule has 0 amide bonds. The van der Waals surface area contributed by atoms with Gasteiger partial charge in [0.1, 0.15) is 17.6 Å². The zero-order valence-electron chi connectivity index (χ0n) is 17.5. The van der Waals surface area contributed by atoms with Gasteiger partial charge in [0.15, 0.2) is 17.5 Å². The third-order valence-electron chi connectivity index (χ3n) is 5.12. The first-order valence-corrected chi connectivity index (χ1v) is 12.0. The molecule has 2 fully saturated rings. The molecule has 0 aliphatic carbocycles. The van der Waals surface area contributed by atoms with E-state index in [-0.39, 0.29) is 17.7 Å². The molecule has 3 rings (SSSR count). The first-order valence-electron chi connectivity index (χ1n) is 9.60. The summed E-state index contributed by atoms with van der Waals surface area (Å²) in [6.07, 6.45) is 1.31. The molecule has 168 valence electrons. The van der Waals surface area contributed by atoms with Crippen LogP contribution in [-0.2, 0) is 27.7 Å². The molecule has 0 spiro atoms. The maximum atomic E-state index is 15.5. The summed E-state index contributed by atoms with van der Waals surface area (Å²) < 4.78 is 50.5. The van der Waals surface area contributed by atoms with Crippen molar-refractivity contribution in [3.05, 3.63) is 36.3 Å². The largest absolute Gasteiger partial charge is 0.476 e. The molecule has 2 unspecified atom stereocenters. The Morgan fingerprint density at radius 3 is 2.83 bits per heavy atom. The molecule has 2 saturated heterocycles. The van der Waals surface area contributed by atoms with E-state index in [0.717, 1.165) is 11.8 Å². The Balaban J connectivity index is 1.70. The van der Waals surface area contributed by atoms with E-state index in [1.54, 1.807) is 39.1 Å². The highest BCUT2D eigenvalue weighted by molar-refractivity contribution is 8.13. The molecule has 0 aromatic heterocycles. The maximum absolute atomic E-state index is 15.5. The molecular weight excluding hydrogens is 434 g/mol. The van der Waals surface area contributed by atoms with E-state index in [2.05, 4.69) is 6.58 Å². The van der Waals surface area contributed by atoms with E-state index < -0.39 is 37.3 Å². The van der Waals surface area contributed by atoms with Gasteiger partial charge in [0.05, 0.1) is 6.61 Å². The van der Waals surface area contributed by atoms with E-state index in [0.29, 0.717) is 17.8 Å². The zero-order valence-corrected chi connectivity index (χ0v) is 19.2. The number of halogens is 1. The van der Waals surface area contributed by atoms with Crippen LogP contribution in [0.25, 0.3) is 0 Å². The van der Waals surface area contributed by atoms with Crippen LogP contribution >= 0.6 is 19.6 Å². The molecule has 3 aliphatic rings. The first kappa shape index (κ1) is 23.5. The Morgan fingerprint density at radius 1 is 1.53 bits per heavy atom. The number of phosphoric acid groups is 1. The van der Waals surface area contributed by atoms with Crippen LogP contribution in [0.3, 0.4) is 0 Å². The summed E-state index contributed by atoms with van der Waals surface area (Å²) in [6, 6.07) is 0. The number of allylic oxidation sites excluding steroid dienone is 2. The SMILES string of the molecule is C=C1C=C(N)C=CN1[C@@H]1O[C@]2(CC)COP(=O)(OCSC(=O)C(C)(C)C)OC2[C@H]1F. The van der Waals surface area contributed by atoms with E-state index >= 15 is 4.39 Å². The van der Waals surface area contributed by atoms with Gasteiger partial charge in [-0.25, -0.2) is 8.96 Å². The molecule has 5 atom stereocenters. The molecule has 2 N–H and O–H groups in total. The quantitative estimate of drug-likeness (QED) is 0.483. The van der Waals surface area contributed by atoms with Crippen molar-refractivity contribution in [2.24, 2.45) is 11.1 Å². The average Bonchev–Trinajstić information content (AvgIpc) is 2.94. The summed E-state index contributed by atoms with van der Waals surface area (Å²) >= 11 is 0.865. The second-order valence-corrected chi connectivity index (χ2v) is 10.9. The summed E-state index contributed by atoms with van der Waals surface area (Å²) in [5, 5.41) is -0.135. The van der Waals surface area contributed by atoms with Crippen LogP contribution in [0.4, 0.5) is 4.39 Å². The lowest BCUT2D eigenvalue weighted by Gasteiger charge is -2.39. The van der Waals surface area contributed by atoms with Gasteiger partial charge in [0.25, 0.3) is 0 Å². The van der Waals surface area contributed by atoms with Crippen LogP contribution in [0.1, 0.15) is 34.1 Å². The van der Waals surface area contributed by atoms with Gasteiger partial charge >= 0.3 is 7.82 Å². The summed E-state index contributed by atoms with van der Waals surface area (Å²) in [7, 11) is -4.06. The van der Waals surface area contributed by atoms with Gasteiger partial charge in [0, 0.05) is 23.0 Å². The van der Waals surface area contributed by atoms with Gasteiger partial charge in [-0.05, 0) is 18.6 Å². The lowest BCUT2D eigenvalue weighted by atomic mass is 9.94. The number of fused-ring (bicyclic) bond motifs is 1. The molecular formula is C19H28FN2O6PS. The van der Waals surface area contributed by atoms with Crippen LogP contribution in [-0.4, -0.2) is 46.7 Å². The van der Waals surface area contributed by atoms with Crippen LogP contribution in [0.5, 0.6) is 0 Å². The highest BCUT2D eigenvalue weighted by Crippen LogP contribution is 2.60. The smallest absolute Gasteiger partial charge is 0.399 e. The van der Waals surface area contributed by atoms with Crippen molar-refractivity contribution in [1.29, 1.82) is 0 Å². The molecule has 0 radical (unpaired) electrons. The first-order chi connectivity index (χ1) is 13.9. The van der Waals surface area contributed by atoms with Crippen LogP contribution in [0.15, 0.2) is 36.3 Å². The number of thioether (sulfide) groups is 1. The highest BCUT2D eigenvalue weighted by Gasteiger charge is 2.63. The predicted molar refractivity (Wildman–Crippen MR) is 112 cm³/mol. The average molecular weight is 462 g/mol. The second kappa shape index (κ2) is 8.41. The van der Waals surface area contributed by atoms with Crippen LogP contribution in [0.2, 0.25) is 0 Å². The molecule has 0 saturated carbocycles. The number of hydrogen-bond donors (Lipinski definition) is 1. The number of carbonyl (C=O) groups excluding carboxylic acids is 1. The topological polar surface area (TPSA) is 100 Å². The fourth-order valence-corrected chi connectivity index (χ4v) is 5.72. The summed E-state index contributed by atoms with van der Waals surface area (Å²) in [6.45, 7) is 10.8. The molecule has 0 bridgehead atoms. The van der Waals surface area contributed by atoms with E-state index in [9.17, 15) is 9.36 Å². The lowest BCUT2D eigenvalue weighted by molar-refractivity contribution is -0.151. The Bertz CT molecular complexity index is 828. The number of hydrogen-bond acceptors (Lipinski definition) is 9. The van der Waals surface area contributed by atoms with Crippen molar-refractivity contribution in [3.8, 4) is 0 Å². The number of alkyl halides is 1. The Labute approximate surface area is 180 Å². The summed E-state index contributed by atoms with van der Waals surface area (Å²) in [5.74, 6) is -0.226. The fraction of sp³-hybridized carbons (Fsp3) is 0.632. The number of rotatable bonds is 5. The van der Waals surface area contributed by atoms with E-state index in [1.807, 2.05) is 6.92 Å². The van der Waals surface area contributed by atoms with Crippen LogP contribution < -0.4 is 5.73 Å². The molecule has 3 heterocycles. The molecule has 0 aromatic carbocycles. The molecule has 8 nitrogen and oxygen atoms in total. The molecule has 0 aromatic rings. The lowest BCUT2D eigenvalue weighted by Crippen LogP contribution is -2.49. The summed E-state index contributed by atoms with van der Waals surface area (Å²) in [5.41, 5.74) is 5.00. The minimum absolute atomic E-state index is 0.135. The third kappa shape index (κ3) is 4.54. The van der Waals surface area contributed by atoms with Gasteiger partial charge in [-0.15, -0.1) is 0 Å². The van der Waals surface area contributed by atoms with Crippen molar-refractivity contribution >= 4 is 24.7 Å². The minimum atomic E-state index is -4.06. The monoisotopic (exact) mass is 462 g/mol. The normalized spacial score (nSPS) is 36.6. The Morgan fingerprint density at radius 2 is 2.23 bits per heavy atom. The fourth-order valence-electron chi connectivity index (χ4n) is 3.29. The number of carbonyl (C=O) groups is 1. The molecule has 3 aliphatic heterocycles. The van der Waals surface area contributed by atoms with Crippen molar-refractivity contribution in [1.82, 2.24) is 4.90 Å². The second-order valence-electron chi connectivity index (χ2n) is 8.41. The Hall–Kier alpha value is -1.16. The van der Waals surface area contributed by atoms with Gasteiger partial charge in [-0.1, -0.05) is 46.0 Å². The summed E-state index contributed by atoms with van der Waals surface area (Å²) in [4.78, 5) is 13.5. The molecule has 30 heavy (non-hydrogen) atoms. The Kier molecular flexibility index (Phi) is 6.59. The van der Waals surface area contributed by atoms with Gasteiger partial charge in [-0.2, -0.15) is 0 Å². The number of ether oxygens (including phenoxy) is 1. The number of phosphoric ester groups is 1. The van der Waals surface area contributed by atoms with Crippen molar-refractivity contribution in [2.45, 2.75) is 58.2 Å². The van der Waals surface area contributed by atoms with E-state index in [1.165, 1.54) is 4.90 Å². The van der Waals surface area contributed by atoms with Crippen molar-refractivity contribution in [3.63, 3.8) is 0 Å². The highest BCUT2D eigenvalue weighted by atomic mass is 32.2. The minimum Gasteiger partial charge on any atom is -0.399 e. The van der Waals surface area contributed by atoms with Gasteiger partial charge in [-0.3, -0.25) is 18.4 Å². The van der Waals surface area contributed by atoms with Crippen molar-refractivity contribution < 1.29 is 32.1 Å². The predicted octanol–water partition coefficient (Wildman–Crippen LogP) is 3.82. The van der Waals surface area contributed by atoms with E-state index in [4.69, 9.17) is 24.0 Å². The third-order valence-corrected chi connectivity index (χ3v) is 7.78. The number of nitrogens with zero attached hydrogens (tertiary/aromatic N) is 1. The van der Waals surface area contributed by atoms with Gasteiger partial charge in [0.2, 0.25) is 0 Å². The maximum Gasteiger partial charge on any atom is 0.476 e. The van der Waals surface area contributed by atoms with Gasteiger partial charge < -0.3 is 15.4 Å². The van der Waals surface area contributed by atoms with Crippen molar-refractivity contribution in [2.75, 3.05) is 12.5 Å². The van der Waals surface area contributed by atoms with Crippen LogP contribution in [0, 0.1) is 5.41 Å². The zero-order chi connectivity index (χ0) is 22.3. The molecule has 11 heteroatoms. The number of nitrogens with two attached hydrogens (primary N) is 1. The standard InChI is InChI=1S/C19H28FN2O6PS/c1-6-19-10-25-29(24,26-11-30-17(23)18(3,4)5)28-15(19)14(20)16(27-19)22-8-7-13(21)9-12(22)2/h7-9,14-16H,2,6,10-11,21H2,1,3-5H3/t14-,15?,16-,19-,29?/m1/s1.